The van der Waals surface area contributed by atoms with Crippen molar-refractivity contribution >= 4 is 15.7 Å². The van der Waals surface area contributed by atoms with Crippen LogP contribution >= 0.6 is 0 Å². The fourth-order valence-corrected chi connectivity index (χ4v) is 4.06. The van der Waals surface area contributed by atoms with Crippen molar-refractivity contribution in [2.24, 2.45) is 0 Å². The summed E-state index contributed by atoms with van der Waals surface area (Å²) in [5, 5.41) is 2.95. The molecule has 0 aliphatic carbocycles. The molecule has 0 amide bonds. The minimum atomic E-state index is -4.94. The summed E-state index contributed by atoms with van der Waals surface area (Å²) in [7, 11) is -4.70. The van der Waals surface area contributed by atoms with E-state index in [0.29, 0.717) is 0 Å². The van der Waals surface area contributed by atoms with Crippen LogP contribution in [0.3, 0.4) is 0 Å². The zero-order chi connectivity index (χ0) is 19.8. The lowest BCUT2D eigenvalue weighted by molar-refractivity contribution is -0.173. The number of alkyl halides is 3. The Bertz CT molecular complexity index is 1020. The first kappa shape index (κ1) is 19.2. The predicted molar refractivity (Wildman–Crippen MR) is 85.5 cm³/mol. The first-order valence-corrected chi connectivity index (χ1v) is 9.09. The van der Waals surface area contributed by atoms with Gasteiger partial charge in [0.2, 0.25) is 0 Å². The van der Waals surface area contributed by atoms with Crippen molar-refractivity contribution in [2.75, 3.05) is 6.54 Å². The van der Waals surface area contributed by atoms with Gasteiger partial charge in [-0.05, 0) is 17.7 Å². The molecule has 0 aliphatic heterocycles. The summed E-state index contributed by atoms with van der Waals surface area (Å²) >= 11 is 0. The van der Waals surface area contributed by atoms with Crippen molar-refractivity contribution in [3.63, 3.8) is 0 Å². The van der Waals surface area contributed by atoms with E-state index in [0.717, 1.165) is 28.8 Å². The Kier molecular flexibility index (Phi) is 4.86. The SMILES string of the molecule is CCN([C@H](c1ccc(F)cc1)C(F)(F)F)S(=O)(=O)c1nc2cnccn2n1. The van der Waals surface area contributed by atoms with Gasteiger partial charge >= 0.3 is 6.18 Å². The molecule has 0 saturated heterocycles. The van der Waals surface area contributed by atoms with Crippen LogP contribution in [-0.2, 0) is 10.0 Å². The normalized spacial score (nSPS) is 14.0. The molecular weight excluding hydrogens is 390 g/mol. The summed E-state index contributed by atoms with van der Waals surface area (Å²) < 4.78 is 81.4. The average molecular weight is 403 g/mol. The van der Waals surface area contributed by atoms with Crippen LogP contribution < -0.4 is 0 Å². The second-order valence-electron chi connectivity index (χ2n) is 5.48. The number of rotatable bonds is 5. The highest BCUT2D eigenvalue weighted by Gasteiger charge is 2.49. The van der Waals surface area contributed by atoms with Gasteiger partial charge in [0, 0.05) is 18.9 Å². The van der Waals surface area contributed by atoms with Crippen molar-refractivity contribution in [1.82, 2.24) is 23.9 Å². The smallest absolute Gasteiger partial charge is 0.259 e. The van der Waals surface area contributed by atoms with E-state index in [1.807, 2.05) is 0 Å². The van der Waals surface area contributed by atoms with Crippen LogP contribution in [0.4, 0.5) is 17.6 Å². The summed E-state index contributed by atoms with van der Waals surface area (Å²) in [6.07, 6.45) is -1.07. The molecule has 3 rings (SSSR count). The number of halogens is 4. The molecule has 144 valence electrons. The molecule has 0 unspecified atom stereocenters. The molecule has 27 heavy (non-hydrogen) atoms. The largest absolute Gasteiger partial charge is 0.409 e. The molecule has 0 bridgehead atoms. The van der Waals surface area contributed by atoms with E-state index >= 15 is 0 Å². The lowest BCUT2D eigenvalue weighted by Gasteiger charge is -2.30. The lowest BCUT2D eigenvalue weighted by atomic mass is 10.1. The molecule has 7 nitrogen and oxygen atoms in total. The molecule has 2 aromatic heterocycles. The first-order valence-electron chi connectivity index (χ1n) is 7.65. The van der Waals surface area contributed by atoms with E-state index in [9.17, 15) is 26.0 Å². The third-order valence-electron chi connectivity index (χ3n) is 3.76. The minimum Gasteiger partial charge on any atom is -0.259 e. The summed E-state index contributed by atoms with van der Waals surface area (Å²) in [6, 6.07) is 0.949. The van der Waals surface area contributed by atoms with E-state index in [1.165, 1.54) is 25.5 Å². The summed E-state index contributed by atoms with van der Waals surface area (Å²) in [6.45, 7) is 0.759. The second kappa shape index (κ2) is 6.85. The van der Waals surface area contributed by atoms with Gasteiger partial charge in [-0.15, -0.1) is 5.10 Å². The van der Waals surface area contributed by atoms with Gasteiger partial charge in [0.05, 0.1) is 6.20 Å². The molecule has 0 N–H and O–H groups in total. The highest BCUT2D eigenvalue weighted by molar-refractivity contribution is 7.89. The monoisotopic (exact) mass is 403 g/mol. The van der Waals surface area contributed by atoms with Crippen LogP contribution in [0, 0.1) is 5.82 Å². The van der Waals surface area contributed by atoms with Crippen LogP contribution in [0.2, 0.25) is 0 Å². The van der Waals surface area contributed by atoms with Crippen molar-refractivity contribution in [3.8, 4) is 0 Å². The van der Waals surface area contributed by atoms with Gasteiger partial charge in [-0.3, -0.25) is 4.98 Å². The molecule has 0 spiro atoms. The number of hydrogen-bond donors (Lipinski definition) is 0. The van der Waals surface area contributed by atoms with Gasteiger partial charge < -0.3 is 0 Å². The Morgan fingerprint density at radius 1 is 1.22 bits per heavy atom. The molecule has 0 saturated carbocycles. The third kappa shape index (κ3) is 3.62. The fraction of sp³-hybridized carbons (Fsp3) is 0.267. The van der Waals surface area contributed by atoms with Gasteiger partial charge in [-0.1, -0.05) is 19.1 Å². The van der Waals surface area contributed by atoms with E-state index in [2.05, 4.69) is 15.1 Å². The topological polar surface area (TPSA) is 80.5 Å². The number of aromatic nitrogens is 4. The van der Waals surface area contributed by atoms with Gasteiger partial charge in [0.1, 0.15) is 11.9 Å². The Hall–Kier alpha value is -2.60. The van der Waals surface area contributed by atoms with Crippen molar-refractivity contribution < 1.29 is 26.0 Å². The molecule has 1 aromatic carbocycles. The zero-order valence-corrected chi connectivity index (χ0v) is 14.6. The molecule has 3 aromatic rings. The van der Waals surface area contributed by atoms with E-state index in [4.69, 9.17) is 0 Å². The quantitative estimate of drug-likeness (QED) is 0.612. The first-order chi connectivity index (χ1) is 12.6. The average Bonchev–Trinajstić information content (AvgIpc) is 3.04. The Labute approximate surface area is 151 Å². The standard InChI is InChI=1S/C15H13F4N5O2S/c1-2-24(13(15(17,18)19)10-3-5-11(16)6-4-10)27(25,26)14-21-12-9-20-7-8-23(12)22-14/h3-9,13H,2H2,1H3/t13-/m1/s1. The van der Waals surface area contributed by atoms with Crippen LogP contribution in [-0.4, -0.2) is 45.0 Å². The second-order valence-corrected chi connectivity index (χ2v) is 7.26. The fourth-order valence-electron chi connectivity index (χ4n) is 2.59. The maximum Gasteiger partial charge on any atom is 0.409 e. The molecular formula is C15H13F4N5O2S. The Morgan fingerprint density at radius 2 is 1.89 bits per heavy atom. The molecule has 0 aliphatic rings. The molecule has 1 atom stereocenters. The van der Waals surface area contributed by atoms with Crippen molar-refractivity contribution in [3.05, 3.63) is 54.2 Å². The van der Waals surface area contributed by atoms with Crippen LogP contribution in [0.15, 0.2) is 48.0 Å². The number of fused-ring (bicyclic) bond motifs is 1. The van der Waals surface area contributed by atoms with Crippen LogP contribution in [0.1, 0.15) is 18.5 Å². The predicted octanol–water partition coefficient (Wildman–Crippen LogP) is 2.58. The summed E-state index contributed by atoms with van der Waals surface area (Å²) in [4.78, 5) is 7.51. The minimum absolute atomic E-state index is 0.0671. The van der Waals surface area contributed by atoms with Gasteiger partial charge in [-0.25, -0.2) is 17.3 Å². The zero-order valence-electron chi connectivity index (χ0n) is 13.8. The van der Waals surface area contributed by atoms with Crippen molar-refractivity contribution in [2.45, 2.75) is 24.3 Å². The number of hydrogen-bond acceptors (Lipinski definition) is 5. The summed E-state index contributed by atoms with van der Waals surface area (Å²) in [5.74, 6) is -0.736. The number of benzene rings is 1. The molecule has 12 heteroatoms. The van der Waals surface area contributed by atoms with Crippen molar-refractivity contribution in [1.29, 1.82) is 0 Å². The highest BCUT2D eigenvalue weighted by atomic mass is 32.2. The lowest BCUT2D eigenvalue weighted by Crippen LogP contribution is -2.42. The van der Waals surface area contributed by atoms with Gasteiger partial charge in [-0.2, -0.15) is 22.5 Å². The molecule has 0 radical (unpaired) electrons. The van der Waals surface area contributed by atoms with E-state index in [-0.39, 0.29) is 9.95 Å². The third-order valence-corrected chi connectivity index (χ3v) is 5.48. The Morgan fingerprint density at radius 3 is 2.44 bits per heavy atom. The van der Waals surface area contributed by atoms with Gasteiger partial charge in [0.25, 0.3) is 15.2 Å². The Balaban J connectivity index is 2.12. The summed E-state index contributed by atoms with van der Waals surface area (Å²) in [5.41, 5.74) is -0.350. The van der Waals surface area contributed by atoms with Crippen LogP contribution in [0.5, 0.6) is 0 Å². The van der Waals surface area contributed by atoms with E-state index in [1.54, 1.807) is 0 Å². The maximum absolute atomic E-state index is 13.7. The molecule has 2 heterocycles. The van der Waals surface area contributed by atoms with Crippen LogP contribution in [0.25, 0.3) is 5.65 Å². The molecule has 0 fully saturated rings. The number of sulfonamides is 1. The highest BCUT2D eigenvalue weighted by Crippen LogP contribution is 2.40. The van der Waals surface area contributed by atoms with Gasteiger partial charge in [0.15, 0.2) is 5.65 Å². The van der Waals surface area contributed by atoms with E-state index < -0.39 is 45.3 Å². The maximum atomic E-state index is 13.7. The number of nitrogens with zero attached hydrogens (tertiary/aromatic N) is 5.